The molecule has 0 fully saturated rings. The van der Waals surface area contributed by atoms with Crippen LogP contribution in [0.2, 0.25) is 13.1 Å². The smallest absolute Gasteiger partial charge is 0.274 e. The maximum Gasteiger partial charge on any atom is 0.274 e. The fourth-order valence-corrected chi connectivity index (χ4v) is 2.25. The summed E-state index contributed by atoms with van der Waals surface area (Å²) in [5, 5.41) is 0. The molecule has 0 saturated carbocycles. The van der Waals surface area contributed by atoms with Crippen molar-refractivity contribution in [3.05, 3.63) is 53.9 Å². The van der Waals surface area contributed by atoms with Gasteiger partial charge in [0.05, 0.1) is 11.9 Å². The molecule has 0 atom stereocenters. The van der Waals surface area contributed by atoms with Crippen LogP contribution in [0.15, 0.2) is 47.5 Å². The van der Waals surface area contributed by atoms with Gasteiger partial charge < -0.3 is 4.43 Å². The molecule has 1 heterocycles. The molecule has 0 spiro atoms. The highest BCUT2D eigenvalue weighted by atomic mass is 28.3. The van der Waals surface area contributed by atoms with E-state index in [4.69, 9.17) is 4.43 Å². The first-order valence-corrected chi connectivity index (χ1v) is 8.61. The Morgan fingerprint density at radius 3 is 2.63 bits per heavy atom. The van der Waals surface area contributed by atoms with Crippen molar-refractivity contribution in [1.29, 1.82) is 0 Å². The predicted octanol–water partition coefficient (Wildman–Crippen LogP) is 3.77. The summed E-state index contributed by atoms with van der Waals surface area (Å²) >= 11 is 0. The number of hydrogen-bond donors (Lipinski definition) is 0. The third kappa shape index (κ3) is 4.03. The van der Waals surface area contributed by atoms with Crippen molar-refractivity contribution in [2.45, 2.75) is 20.0 Å². The van der Waals surface area contributed by atoms with Gasteiger partial charge in [0.15, 0.2) is 0 Å². The monoisotopic (exact) mass is 269 g/mol. The van der Waals surface area contributed by atoms with Gasteiger partial charge in [0.1, 0.15) is 11.4 Å². The maximum atomic E-state index is 5.83. The van der Waals surface area contributed by atoms with E-state index in [1.54, 1.807) is 6.21 Å². The van der Waals surface area contributed by atoms with Crippen molar-refractivity contribution in [3.8, 4) is 5.75 Å². The fraction of sp³-hybridized carbons (Fsp3) is 0.200. The van der Waals surface area contributed by atoms with Crippen LogP contribution in [0.3, 0.4) is 0 Å². The number of aromatic nitrogens is 1. The standard InChI is InChI=1S/C15H17N2OSi/c1-12-7-6-8-13(17-12)11-16-14-9-4-5-10-15(14)18-19(2)3/h4-11H,1-3H3. The summed E-state index contributed by atoms with van der Waals surface area (Å²) in [6.07, 6.45) is 1.77. The Kier molecular flexibility index (Phi) is 4.47. The third-order valence-electron chi connectivity index (χ3n) is 2.43. The molecule has 2 rings (SSSR count). The molecule has 4 heteroatoms. The minimum atomic E-state index is -0.787. The second-order valence-electron chi connectivity index (χ2n) is 4.44. The second-order valence-corrected chi connectivity index (χ2v) is 6.46. The van der Waals surface area contributed by atoms with Crippen molar-refractivity contribution >= 4 is 20.9 Å². The summed E-state index contributed by atoms with van der Waals surface area (Å²) in [4.78, 5) is 8.87. The molecule has 1 radical (unpaired) electrons. The van der Waals surface area contributed by atoms with Crippen LogP contribution in [0.5, 0.6) is 5.75 Å². The molecule has 0 aliphatic heterocycles. The van der Waals surface area contributed by atoms with Gasteiger partial charge in [-0.05, 0) is 44.3 Å². The molecule has 0 aliphatic rings. The summed E-state index contributed by atoms with van der Waals surface area (Å²) in [5.74, 6) is 0.838. The van der Waals surface area contributed by atoms with Gasteiger partial charge in [-0.3, -0.25) is 9.98 Å². The number of para-hydroxylation sites is 2. The molecule has 3 nitrogen and oxygen atoms in total. The van der Waals surface area contributed by atoms with Gasteiger partial charge in [-0.15, -0.1) is 0 Å². The van der Waals surface area contributed by atoms with Crippen LogP contribution in [0.25, 0.3) is 0 Å². The molecule has 0 aliphatic carbocycles. The molecule has 2 aromatic rings. The number of aliphatic imine (C=N–C) groups is 1. The van der Waals surface area contributed by atoms with Crippen molar-refractivity contribution in [2.75, 3.05) is 0 Å². The van der Waals surface area contributed by atoms with Gasteiger partial charge in [-0.2, -0.15) is 0 Å². The molecular formula is C15H17N2OSi. The Balaban J connectivity index is 2.23. The lowest BCUT2D eigenvalue weighted by Gasteiger charge is -2.10. The van der Waals surface area contributed by atoms with Gasteiger partial charge >= 0.3 is 0 Å². The van der Waals surface area contributed by atoms with E-state index in [-0.39, 0.29) is 0 Å². The third-order valence-corrected chi connectivity index (χ3v) is 3.05. The van der Waals surface area contributed by atoms with Gasteiger partial charge in [-0.25, -0.2) is 0 Å². The molecule has 0 N–H and O–H groups in total. The highest BCUT2D eigenvalue weighted by Gasteiger charge is 2.04. The Hall–Kier alpha value is -1.94. The normalized spacial score (nSPS) is 11.2. The summed E-state index contributed by atoms with van der Waals surface area (Å²) in [6.45, 7) is 6.18. The van der Waals surface area contributed by atoms with Gasteiger partial charge in [-0.1, -0.05) is 18.2 Å². The van der Waals surface area contributed by atoms with Crippen molar-refractivity contribution in [1.82, 2.24) is 4.98 Å². The topological polar surface area (TPSA) is 34.5 Å². The zero-order valence-electron chi connectivity index (χ0n) is 11.4. The van der Waals surface area contributed by atoms with Crippen LogP contribution in [0, 0.1) is 6.92 Å². The number of benzene rings is 1. The first-order valence-electron chi connectivity index (χ1n) is 6.20. The zero-order valence-corrected chi connectivity index (χ0v) is 12.4. The largest absolute Gasteiger partial charge is 0.541 e. The van der Waals surface area contributed by atoms with Crippen molar-refractivity contribution in [3.63, 3.8) is 0 Å². The number of aryl methyl sites for hydroxylation is 1. The number of pyridine rings is 1. The van der Waals surface area contributed by atoms with E-state index in [0.717, 1.165) is 22.8 Å². The summed E-state index contributed by atoms with van der Waals surface area (Å²) < 4.78 is 5.83. The van der Waals surface area contributed by atoms with Crippen LogP contribution >= 0.6 is 0 Å². The minimum absolute atomic E-state index is 0.787. The van der Waals surface area contributed by atoms with Crippen molar-refractivity contribution in [2.24, 2.45) is 4.99 Å². The first kappa shape index (κ1) is 13.5. The van der Waals surface area contributed by atoms with Crippen LogP contribution in [0.1, 0.15) is 11.4 Å². The molecule has 1 aromatic carbocycles. The quantitative estimate of drug-likeness (QED) is 0.625. The highest BCUT2D eigenvalue weighted by molar-refractivity contribution is 6.49. The van der Waals surface area contributed by atoms with E-state index in [0.29, 0.717) is 0 Å². The van der Waals surface area contributed by atoms with E-state index in [2.05, 4.69) is 23.1 Å². The van der Waals surface area contributed by atoms with Gasteiger partial charge in [0.25, 0.3) is 9.04 Å². The summed E-state index contributed by atoms with van der Waals surface area (Å²) in [7, 11) is -0.787. The predicted molar refractivity (Wildman–Crippen MR) is 80.8 cm³/mol. The molecule has 0 bridgehead atoms. The molecule has 0 saturated heterocycles. The average Bonchev–Trinajstić information content (AvgIpc) is 2.37. The first-order chi connectivity index (χ1) is 9.15. The SMILES string of the molecule is Cc1cccc(C=Nc2ccccc2O[Si](C)C)n1. The zero-order chi connectivity index (χ0) is 13.7. The molecule has 97 valence electrons. The van der Waals surface area contributed by atoms with E-state index >= 15 is 0 Å². The number of nitrogens with zero attached hydrogens (tertiary/aromatic N) is 2. The maximum absolute atomic E-state index is 5.83. The molecule has 1 aromatic heterocycles. The fourth-order valence-electron chi connectivity index (χ4n) is 1.64. The van der Waals surface area contributed by atoms with Crippen LogP contribution < -0.4 is 4.43 Å². The summed E-state index contributed by atoms with van der Waals surface area (Å²) in [6, 6.07) is 13.7. The van der Waals surface area contributed by atoms with E-state index in [9.17, 15) is 0 Å². The molecule has 0 amide bonds. The lowest BCUT2D eigenvalue weighted by Crippen LogP contribution is -2.11. The van der Waals surface area contributed by atoms with Crippen LogP contribution in [0.4, 0.5) is 5.69 Å². The lowest BCUT2D eigenvalue weighted by molar-refractivity contribution is 0.582. The van der Waals surface area contributed by atoms with Crippen LogP contribution in [-0.4, -0.2) is 20.2 Å². The van der Waals surface area contributed by atoms with Crippen molar-refractivity contribution < 1.29 is 4.43 Å². The van der Waals surface area contributed by atoms with E-state index in [1.165, 1.54) is 0 Å². The van der Waals surface area contributed by atoms with Gasteiger partial charge in [0, 0.05) is 5.69 Å². The average molecular weight is 269 g/mol. The molecular weight excluding hydrogens is 252 g/mol. The highest BCUT2D eigenvalue weighted by Crippen LogP contribution is 2.27. The Morgan fingerprint density at radius 1 is 1.11 bits per heavy atom. The van der Waals surface area contributed by atoms with E-state index in [1.807, 2.05) is 49.4 Å². The Morgan fingerprint density at radius 2 is 1.89 bits per heavy atom. The summed E-state index contributed by atoms with van der Waals surface area (Å²) in [5.41, 5.74) is 2.69. The molecule has 19 heavy (non-hydrogen) atoms. The number of hydrogen-bond acceptors (Lipinski definition) is 3. The van der Waals surface area contributed by atoms with Crippen LogP contribution in [-0.2, 0) is 0 Å². The Bertz CT molecular complexity index is 582. The van der Waals surface area contributed by atoms with E-state index < -0.39 is 9.04 Å². The minimum Gasteiger partial charge on any atom is -0.541 e. The Labute approximate surface area is 115 Å². The second kappa shape index (κ2) is 6.29. The number of rotatable bonds is 4. The molecule has 0 unspecified atom stereocenters. The van der Waals surface area contributed by atoms with Gasteiger partial charge in [0.2, 0.25) is 0 Å². The lowest BCUT2D eigenvalue weighted by atomic mass is 10.3.